The Labute approximate surface area is 214 Å². The van der Waals surface area contributed by atoms with Crippen LogP contribution >= 0.6 is 0 Å². The molecule has 5 unspecified atom stereocenters. The number of methoxy groups -OCH3 is 2. The summed E-state index contributed by atoms with van der Waals surface area (Å²) >= 11 is 0. The van der Waals surface area contributed by atoms with E-state index in [1.165, 1.54) is 7.11 Å². The predicted molar refractivity (Wildman–Crippen MR) is 131 cm³/mol. The van der Waals surface area contributed by atoms with Gasteiger partial charge in [0, 0.05) is 12.5 Å². The van der Waals surface area contributed by atoms with Crippen LogP contribution in [0.2, 0.25) is 0 Å². The van der Waals surface area contributed by atoms with Gasteiger partial charge in [0.2, 0.25) is 0 Å². The maximum atomic E-state index is 13.5. The normalized spacial score (nSPS) is 28.0. The van der Waals surface area contributed by atoms with Crippen molar-refractivity contribution in [3.8, 4) is 0 Å². The number of allylic oxidation sites excluding steroid dienone is 1. The summed E-state index contributed by atoms with van der Waals surface area (Å²) in [5.41, 5.74) is -2.61. The highest BCUT2D eigenvalue weighted by molar-refractivity contribution is 6.15. The van der Waals surface area contributed by atoms with Gasteiger partial charge in [-0.1, -0.05) is 38.3 Å². The van der Waals surface area contributed by atoms with Gasteiger partial charge in [-0.2, -0.15) is 0 Å². The number of Topliss-reactive ketones (excluding diaryl/α,β-unsaturated/α-hetero) is 1. The van der Waals surface area contributed by atoms with E-state index in [1.54, 1.807) is 13.0 Å². The summed E-state index contributed by atoms with van der Waals surface area (Å²) in [6, 6.07) is 0. The molecule has 5 atom stereocenters. The molecule has 2 fully saturated rings. The number of unbranched alkanes of at least 4 members (excludes halogenated alkanes) is 2. The molecule has 1 saturated carbocycles. The molecule has 1 heterocycles. The van der Waals surface area contributed by atoms with Crippen LogP contribution in [0, 0.1) is 17.3 Å². The molecular weight excluding hydrogens is 468 g/mol. The van der Waals surface area contributed by atoms with Gasteiger partial charge >= 0.3 is 17.9 Å². The van der Waals surface area contributed by atoms with Gasteiger partial charge in [-0.3, -0.25) is 19.2 Å². The van der Waals surface area contributed by atoms with Crippen molar-refractivity contribution < 1.29 is 42.9 Å². The minimum absolute atomic E-state index is 0.0154. The minimum atomic E-state index is -1.89. The summed E-state index contributed by atoms with van der Waals surface area (Å²) < 4.78 is 27.1. The number of carbonyl (C=O) groups is 4. The van der Waals surface area contributed by atoms with Crippen LogP contribution < -0.4 is 0 Å². The summed E-state index contributed by atoms with van der Waals surface area (Å²) in [6.07, 6.45) is 9.24. The van der Waals surface area contributed by atoms with Crippen molar-refractivity contribution in [2.75, 3.05) is 27.4 Å². The molecule has 0 aromatic rings. The number of rotatable bonds is 13. The highest BCUT2D eigenvalue weighted by Gasteiger charge is 2.63. The molecule has 204 valence electrons. The third-order valence-corrected chi connectivity index (χ3v) is 7.14. The highest BCUT2D eigenvalue weighted by Crippen LogP contribution is 2.49. The lowest BCUT2D eigenvalue weighted by Gasteiger charge is -2.34. The number of ketones is 1. The minimum Gasteiger partial charge on any atom is -0.468 e. The standard InChI is InChI=1S/C27H42O9/c1-6-8-10-14-26(3,36-22-12-9-11-16-35-22)15-13-19-17-20(24(30)32-4)23(29)27(19,25(31)33-5)18-21(28)34-7-2/h13,15,19-20,22H,6-12,14,16-18H2,1-5H3/b15-13+. The fourth-order valence-corrected chi connectivity index (χ4v) is 5.14. The van der Waals surface area contributed by atoms with Crippen molar-refractivity contribution in [2.24, 2.45) is 17.3 Å². The number of hydrogen-bond acceptors (Lipinski definition) is 9. The van der Waals surface area contributed by atoms with Crippen molar-refractivity contribution in [2.45, 2.75) is 90.4 Å². The van der Waals surface area contributed by atoms with E-state index in [0.717, 1.165) is 45.6 Å². The van der Waals surface area contributed by atoms with Crippen LogP contribution in [0.5, 0.6) is 0 Å². The lowest BCUT2D eigenvalue weighted by Crippen LogP contribution is -2.45. The van der Waals surface area contributed by atoms with E-state index in [1.807, 2.05) is 13.0 Å². The lowest BCUT2D eigenvalue weighted by molar-refractivity contribution is -0.208. The van der Waals surface area contributed by atoms with Crippen molar-refractivity contribution in [3.05, 3.63) is 12.2 Å². The molecule has 0 N–H and O–H groups in total. The second kappa shape index (κ2) is 13.9. The average Bonchev–Trinajstić information content (AvgIpc) is 3.14. The van der Waals surface area contributed by atoms with Gasteiger partial charge in [-0.25, -0.2) is 0 Å². The Bertz CT molecular complexity index is 801. The van der Waals surface area contributed by atoms with Gasteiger partial charge in [0.25, 0.3) is 0 Å². The zero-order chi connectivity index (χ0) is 26.8. The third-order valence-electron chi connectivity index (χ3n) is 7.14. The molecule has 1 saturated heterocycles. The van der Waals surface area contributed by atoms with Crippen molar-refractivity contribution in [1.29, 1.82) is 0 Å². The van der Waals surface area contributed by atoms with Crippen LogP contribution in [0.25, 0.3) is 0 Å². The molecule has 0 amide bonds. The van der Waals surface area contributed by atoms with Gasteiger partial charge in [0.15, 0.2) is 12.1 Å². The second-order valence-corrected chi connectivity index (χ2v) is 9.77. The first-order chi connectivity index (χ1) is 17.2. The summed E-state index contributed by atoms with van der Waals surface area (Å²) in [4.78, 5) is 51.6. The molecular formula is C27H42O9. The summed E-state index contributed by atoms with van der Waals surface area (Å²) in [7, 11) is 2.35. The second-order valence-electron chi connectivity index (χ2n) is 9.77. The molecule has 0 aromatic carbocycles. The zero-order valence-electron chi connectivity index (χ0n) is 22.3. The maximum absolute atomic E-state index is 13.5. The van der Waals surface area contributed by atoms with Crippen LogP contribution in [0.3, 0.4) is 0 Å². The van der Waals surface area contributed by atoms with Crippen LogP contribution in [-0.2, 0) is 42.9 Å². The smallest absolute Gasteiger partial charge is 0.320 e. The van der Waals surface area contributed by atoms with E-state index in [2.05, 4.69) is 6.92 Å². The van der Waals surface area contributed by atoms with Crippen LogP contribution in [0.15, 0.2) is 12.2 Å². The Kier molecular flexibility index (Phi) is 11.6. The molecule has 0 spiro atoms. The van der Waals surface area contributed by atoms with Gasteiger partial charge in [-0.15, -0.1) is 0 Å². The van der Waals surface area contributed by atoms with Crippen molar-refractivity contribution in [1.82, 2.24) is 0 Å². The molecule has 1 aliphatic carbocycles. The SMILES string of the molecule is CCCCCC(C)(/C=C/C1CC(C(=O)OC)C(=O)C1(CC(=O)OCC)C(=O)OC)OC1CCCCO1. The lowest BCUT2D eigenvalue weighted by atomic mass is 9.73. The Morgan fingerprint density at radius 3 is 2.47 bits per heavy atom. The highest BCUT2D eigenvalue weighted by atomic mass is 16.7. The van der Waals surface area contributed by atoms with Crippen molar-refractivity contribution in [3.63, 3.8) is 0 Å². The fourth-order valence-electron chi connectivity index (χ4n) is 5.14. The number of esters is 3. The van der Waals surface area contributed by atoms with Crippen LogP contribution in [0.4, 0.5) is 0 Å². The van der Waals surface area contributed by atoms with E-state index in [4.69, 9.17) is 23.7 Å². The van der Waals surface area contributed by atoms with E-state index >= 15 is 0 Å². The molecule has 0 aromatic heterocycles. The average molecular weight is 511 g/mol. The Balaban J connectivity index is 2.45. The van der Waals surface area contributed by atoms with E-state index < -0.39 is 53.0 Å². The molecule has 2 rings (SSSR count). The van der Waals surface area contributed by atoms with Crippen molar-refractivity contribution >= 4 is 23.7 Å². The number of hydrogen-bond donors (Lipinski definition) is 0. The van der Waals surface area contributed by atoms with Gasteiger partial charge in [0.1, 0.15) is 11.3 Å². The Morgan fingerprint density at radius 1 is 1.14 bits per heavy atom. The van der Waals surface area contributed by atoms with E-state index in [-0.39, 0.29) is 19.3 Å². The van der Waals surface area contributed by atoms with Gasteiger partial charge in [0.05, 0.1) is 32.8 Å². The first-order valence-electron chi connectivity index (χ1n) is 13.0. The summed E-state index contributed by atoms with van der Waals surface area (Å²) in [6.45, 7) is 6.45. The summed E-state index contributed by atoms with van der Waals surface area (Å²) in [5, 5.41) is 0. The topological polar surface area (TPSA) is 114 Å². The number of ether oxygens (including phenoxy) is 5. The fraction of sp³-hybridized carbons (Fsp3) is 0.778. The molecule has 2 aliphatic rings. The molecule has 1 aliphatic heterocycles. The predicted octanol–water partition coefficient (Wildman–Crippen LogP) is 3.92. The third kappa shape index (κ3) is 7.16. The van der Waals surface area contributed by atoms with Gasteiger partial charge < -0.3 is 23.7 Å². The Hall–Kier alpha value is -2.26. The maximum Gasteiger partial charge on any atom is 0.320 e. The Morgan fingerprint density at radius 2 is 1.89 bits per heavy atom. The van der Waals surface area contributed by atoms with E-state index in [9.17, 15) is 19.2 Å². The molecule has 9 heteroatoms. The van der Waals surface area contributed by atoms with E-state index in [0.29, 0.717) is 13.0 Å². The largest absolute Gasteiger partial charge is 0.468 e. The van der Waals surface area contributed by atoms with Crippen LogP contribution in [-0.4, -0.2) is 63.0 Å². The first-order valence-corrected chi connectivity index (χ1v) is 13.0. The molecule has 0 bridgehead atoms. The monoisotopic (exact) mass is 510 g/mol. The van der Waals surface area contributed by atoms with Gasteiger partial charge in [-0.05, 0) is 46.0 Å². The molecule has 0 radical (unpaired) electrons. The quantitative estimate of drug-likeness (QED) is 0.120. The molecule has 36 heavy (non-hydrogen) atoms. The number of carbonyl (C=O) groups excluding carboxylic acids is 4. The summed E-state index contributed by atoms with van der Waals surface area (Å²) in [5.74, 6) is -4.98. The molecule has 9 nitrogen and oxygen atoms in total. The van der Waals surface area contributed by atoms with Crippen LogP contribution in [0.1, 0.15) is 78.6 Å². The first kappa shape index (κ1) is 30.0. The zero-order valence-corrected chi connectivity index (χ0v) is 22.3.